The van der Waals surface area contributed by atoms with Gasteiger partial charge in [-0.05, 0) is 44.1 Å². The lowest BCUT2D eigenvalue weighted by Gasteiger charge is -2.20. The highest BCUT2D eigenvalue weighted by atomic mass is 19.1. The third kappa shape index (κ3) is 4.99. The number of benzene rings is 1. The van der Waals surface area contributed by atoms with Gasteiger partial charge >= 0.3 is 0 Å². The van der Waals surface area contributed by atoms with Crippen LogP contribution in [0.5, 0.6) is 0 Å². The standard InChI is InChI=1S/C15H23FN2O/c1-3-8-18(9-4-2)10-7-15(19)12-5-6-13(16)14(17)11-12/h5-6,11H,3-4,7-10,17H2,1-2H3. The molecule has 0 saturated carbocycles. The summed E-state index contributed by atoms with van der Waals surface area (Å²) in [5, 5.41) is 0. The zero-order valence-corrected chi connectivity index (χ0v) is 11.8. The zero-order chi connectivity index (χ0) is 14.3. The number of nitrogens with two attached hydrogens (primary N) is 1. The molecule has 0 unspecified atom stereocenters. The molecular formula is C15H23FN2O. The summed E-state index contributed by atoms with van der Waals surface area (Å²) in [5.41, 5.74) is 6.00. The van der Waals surface area contributed by atoms with Crippen LogP contribution < -0.4 is 5.73 Å². The second-order valence-electron chi connectivity index (χ2n) is 4.75. The molecule has 2 N–H and O–H groups in total. The van der Waals surface area contributed by atoms with Gasteiger partial charge in [0.1, 0.15) is 5.82 Å². The van der Waals surface area contributed by atoms with Crippen LogP contribution in [0.3, 0.4) is 0 Å². The second-order valence-corrected chi connectivity index (χ2v) is 4.75. The Morgan fingerprint density at radius 1 is 1.21 bits per heavy atom. The number of carbonyl (C=O) groups excluding carboxylic acids is 1. The molecule has 3 nitrogen and oxygen atoms in total. The Morgan fingerprint density at radius 2 is 1.84 bits per heavy atom. The number of ketones is 1. The second kappa shape index (κ2) is 7.89. The average molecular weight is 266 g/mol. The van der Waals surface area contributed by atoms with Crippen LogP contribution >= 0.6 is 0 Å². The lowest BCUT2D eigenvalue weighted by Crippen LogP contribution is -2.28. The fraction of sp³-hybridized carbons (Fsp3) is 0.533. The predicted octanol–water partition coefficient (Wildman–Crippen LogP) is 3.10. The molecule has 1 aromatic carbocycles. The Morgan fingerprint density at radius 3 is 2.37 bits per heavy atom. The van der Waals surface area contributed by atoms with Gasteiger partial charge in [-0.2, -0.15) is 0 Å². The number of hydrogen-bond acceptors (Lipinski definition) is 3. The molecule has 0 aliphatic carbocycles. The van der Waals surface area contributed by atoms with Gasteiger partial charge in [0.2, 0.25) is 0 Å². The number of carbonyl (C=O) groups is 1. The van der Waals surface area contributed by atoms with Crippen LogP contribution in [0.2, 0.25) is 0 Å². The minimum atomic E-state index is -0.477. The van der Waals surface area contributed by atoms with E-state index in [1.807, 2.05) is 0 Å². The van der Waals surface area contributed by atoms with E-state index >= 15 is 0 Å². The fourth-order valence-corrected chi connectivity index (χ4v) is 2.09. The molecule has 0 fully saturated rings. The maximum atomic E-state index is 13.0. The van der Waals surface area contributed by atoms with Crippen molar-refractivity contribution in [2.75, 3.05) is 25.4 Å². The summed E-state index contributed by atoms with van der Waals surface area (Å²) in [4.78, 5) is 14.3. The van der Waals surface area contributed by atoms with Gasteiger partial charge in [-0.3, -0.25) is 4.79 Å². The zero-order valence-electron chi connectivity index (χ0n) is 11.8. The molecule has 0 spiro atoms. The Kier molecular flexibility index (Phi) is 6.50. The molecule has 106 valence electrons. The van der Waals surface area contributed by atoms with Crippen molar-refractivity contribution in [3.8, 4) is 0 Å². The van der Waals surface area contributed by atoms with Crippen molar-refractivity contribution in [1.29, 1.82) is 0 Å². The summed E-state index contributed by atoms with van der Waals surface area (Å²) < 4.78 is 13.0. The van der Waals surface area contributed by atoms with Gasteiger partial charge in [-0.25, -0.2) is 4.39 Å². The normalized spacial score (nSPS) is 10.9. The summed E-state index contributed by atoms with van der Waals surface area (Å²) in [6, 6.07) is 4.16. The van der Waals surface area contributed by atoms with Crippen molar-refractivity contribution in [1.82, 2.24) is 4.90 Å². The number of anilines is 1. The van der Waals surface area contributed by atoms with E-state index < -0.39 is 5.82 Å². The van der Waals surface area contributed by atoms with Crippen molar-refractivity contribution >= 4 is 11.5 Å². The van der Waals surface area contributed by atoms with Crippen LogP contribution in [-0.2, 0) is 0 Å². The molecule has 0 amide bonds. The van der Waals surface area contributed by atoms with Gasteiger partial charge in [-0.15, -0.1) is 0 Å². The van der Waals surface area contributed by atoms with Crippen LogP contribution in [0, 0.1) is 5.82 Å². The van der Waals surface area contributed by atoms with Crippen molar-refractivity contribution in [3.63, 3.8) is 0 Å². The first-order valence-electron chi connectivity index (χ1n) is 6.89. The van der Waals surface area contributed by atoms with Crippen LogP contribution in [0.25, 0.3) is 0 Å². The Labute approximate surface area is 114 Å². The van der Waals surface area contributed by atoms with Gasteiger partial charge in [0.05, 0.1) is 5.69 Å². The van der Waals surface area contributed by atoms with Gasteiger partial charge in [0.25, 0.3) is 0 Å². The first-order chi connectivity index (χ1) is 9.08. The van der Waals surface area contributed by atoms with E-state index in [9.17, 15) is 9.18 Å². The van der Waals surface area contributed by atoms with Gasteiger partial charge in [-0.1, -0.05) is 13.8 Å². The van der Waals surface area contributed by atoms with Crippen LogP contribution in [0.15, 0.2) is 18.2 Å². The van der Waals surface area contributed by atoms with Crippen molar-refractivity contribution in [2.45, 2.75) is 33.1 Å². The topological polar surface area (TPSA) is 46.3 Å². The third-order valence-electron chi connectivity index (χ3n) is 3.05. The van der Waals surface area contributed by atoms with E-state index in [2.05, 4.69) is 18.7 Å². The molecule has 0 heterocycles. The highest BCUT2D eigenvalue weighted by Gasteiger charge is 2.10. The van der Waals surface area contributed by atoms with E-state index in [-0.39, 0.29) is 11.5 Å². The summed E-state index contributed by atoms with van der Waals surface area (Å²) in [6.07, 6.45) is 2.61. The number of rotatable bonds is 8. The molecule has 0 aliphatic rings. The van der Waals surface area contributed by atoms with E-state index in [0.717, 1.165) is 32.5 Å². The van der Waals surface area contributed by atoms with E-state index in [1.54, 1.807) is 0 Å². The van der Waals surface area contributed by atoms with E-state index in [1.165, 1.54) is 18.2 Å². The summed E-state index contributed by atoms with van der Waals surface area (Å²) in [7, 11) is 0. The number of nitrogens with zero attached hydrogens (tertiary/aromatic N) is 1. The predicted molar refractivity (Wildman–Crippen MR) is 76.8 cm³/mol. The highest BCUT2D eigenvalue weighted by Crippen LogP contribution is 2.14. The number of Topliss-reactive ketones (excluding diaryl/α,β-unsaturated/α-hetero) is 1. The van der Waals surface area contributed by atoms with Crippen LogP contribution in [0.1, 0.15) is 43.5 Å². The number of halogens is 1. The molecule has 19 heavy (non-hydrogen) atoms. The molecular weight excluding hydrogens is 243 g/mol. The molecule has 1 aromatic rings. The fourth-order valence-electron chi connectivity index (χ4n) is 2.09. The van der Waals surface area contributed by atoms with Gasteiger partial charge in [0.15, 0.2) is 5.78 Å². The largest absolute Gasteiger partial charge is 0.396 e. The monoisotopic (exact) mass is 266 g/mol. The first kappa shape index (κ1) is 15.6. The highest BCUT2D eigenvalue weighted by molar-refractivity contribution is 5.96. The minimum absolute atomic E-state index is 0.0175. The molecule has 0 atom stereocenters. The molecule has 0 aliphatic heterocycles. The van der Waals surface area contributed by atoms with E-state index in [0.29, 0.717) is 12.0 Å². The lowest BCUT2D eigenvalue weighted by atomic mass is 10.1. The van der Waals surface area contributed by atoms with Crippen LogP contribution in [0.4, 0.5) is 10.1 Å². The van der Waals surface area contributed by atoms with Crippen molar-refractivity contribution in [3.05, 3.63) is 29.6 Å². The maximum Gasteiger partial charge on any atom is 0.164 e. The first-order valence-corrected chi connectivity index (χ1v) is 6.89. The minimum Gasteiger partial charge on any atom is -0.396 e. The quantitative estimate of drug-likeness (QED) is 0.581. The number of nitrogen functional groups attached to an aromatic ring is 1. The van der Waals surface area contributed by atoms with Crippen LogP contribution in [-0.4, -0.2) is 30.3 Å². The Balaban J connectivity index is 2.56. The SMILES string of the molecule is CCCN(CCC)CCC(=O)c1ccc(F)c(N)c1. The van der Waals surface area contributed by atoms with Gasteiger partial charge in [0, 0.05) is 18.5 Å². The molecule has 1 rings (SSSR count). The smallest absolute Gasteiger partial charge is 0.164 e. The average Bonchev–Trinajstić information content (AvgIpc) is 2.39. The molecule has 0 radical (unpaired) electrons. The molecule has 0 bridgehead atoms. The summed E-state index contributed by atoms with van der Waals surface area (Å²) >= 11 is 0. The molecule has 4 heteroatoms. The lowest BCUT2D eigenvalue weighted by molar-refractivity contribution is 0.0964. The Bertz CT molecular complexity index is 415. The summed E-state index contributed by atoms with van der Waals surface area (Å²) in [5.74, 6) is -0.459. The maximum absolute atomic E-state index is 13.0. The van der Waals surface area contributed by atoms with Gasteiger partial charge < -0.3 is 10.6 Å². The molecule has 0 aromatic heterocycles. The molecule has 0 saturated heterocycles. The van der Waals surface area contributed by atoms with Crippen molar-refractivity contribution < 1.29 is 9.18 Å². The van der Waals surface area contributed by atoms with E-state index in [4.69, 9.17) is 5.73 Å². The third-order valence-corrected chi connectivity index (χ3v) is 3.05. The summed E-state index contributed by atoms with van der Waals surface area (Å²) in [6.45, 7) is 7.02. The Hall–Kier alpha value is -1.42. The number of hydrogen-bond donors (Lipinski definition) is 1. The van der Waals surface area contributed by atoms with Crippen molar-refractivity contribution in [2.24, 2.45) is 0 Å².